The van der Waals surface area contributed by atoms with Crippen molar-refractivity contribution in [3.05, 3.63) is 59.9 Å². The highest BCUT2D eigenvalue weighted by Gasteiger charge is 2.38. The van der Waals surface area contributed by atoms with Gasteiger partial charge in [-0.1, -0.05) is 19.1 Å². The van der Waals surface area contributed by atoms with Crippen LogP contribution in [0.25, 0.3) is 0 Å². The molecule has 1 aliphatic heterocycles. The van der Waals surface area contributed by atoms with Gasteiger partial charge >= 0.3 is 0 Å². The van der Waals surface area contributed by atoms with E-state index < -0.39 is 17.7 Å². The first-order chi connectivity index (χ1) is 12.5. The molecule has 5 nitrogen and oxygen atoms in total. The van der Waals surface area contributed by atoms with Gasteiger partial charge in [0.15, 0.2) is 11.0 Å². The molecule has 7 heteroatoms. The first kappa shape index (κ1) is 17.9. The second-order valence-electron chi connectivity index (χ2n) is 5.72. The summed E-state index contributed by atoms with van der Waals surface area (Å²) in [7, 11) is 0. The fourth-order valence-corrected chi connectivity index (χ4v) is 2.83. The molecule has 0 radical (unpaired) electrons. The molecule has 3 rings (SSSR count). The molecule has 132 valence electrons. The van der Waals surface area contributed by atoms with Crippen LogP contribution in [0.4, 0.5) is 15.8 Å². The van der Waals surface area contributed by atoms with E-state index in [0.29, 0.717) is 11.4 Å². The fraction of sp³-hybridized carbons (Fsp3) is 0.158. The molecule has 0 aliphatic carbocycles. The lowest BCUT2D eigenvalue weighted by Gasteiger charge is -2.31. The fourth-order valence-electron chi connectivity index (χ4n) is 2.53. The van der Waals surface area contributed by atoms with Gasteiger partial charge in [0, 0.05) is 6.21 Å². The van der Waals surface area contributed by atoms with Gasteiger partial charge in [0.2, 0.25) is 5.91 Å². The van der Waals surface area contributed by atoms with Gasteiger partial charge in [-0.3, -0.25) is 19.5 Å². The summed E-state index contributed by atoms with van der Waals surface area (Å²) >= 11 is 5.16. The van der Waals surface area contributed by atoms with Gasteiger partial charge in [-0.15, -0.1) is 0 Å². The van der Waals surface area contributed by atoms with Crippen molar-refractivity contribution >= 4 is 46.7 Å². The number of rotatable bonds is 4. The molecule has 0 spiro atoms. The van der Waals surface area contributed by atoms with Crippen molar-refractivity contribution in [3.63, 3.8) is 0 Å². The van der Waals surface area contributed by atoms with E-state index in [1.165, 1.54) is 35.4 Å². The minimum Gasteiger partial charge on any atom is -0.301 e. The highest BCUT2D eigenvalue weighted by atomic mass is 32.1. The molecule has 0 bridgehead atoms. The minimum absolute atomic E-state index is 0.0377. The number of carbonyl (C=O) groups excluding carboxylic acids is 2. The monoisotopic (exact) mass is 369 g/mol. The molecule has 26 heavy (non-hydrogen) atoms. The maximum absolute atomic E-state index is 13.0. The van der Waals surface area contributed by atoms with Crippen LogP contribution < -0.4 is 10.2 Å². The number of carbonyl (C=O) groups is 2. The first-order valence-corrected chi connectivity index (χ1v) is 8.48. The quantitative estimate of drug-likeness (QED) is 0.512. The average Bonchev–Trinajstić information content (AvgIpc) is 2.63. The van der Waals surface area contributed by atoms with Gasteiger partial charge in [0.25, 0.3) is 5.91 Å². The number of hydrogen-bond donors (Lipinski definition) is 1. The zero-order chi connectivity index (χ0) is 18.7. The number of aliphatic imine (C=N–C) groups is 1. The molecule has 1 heterocycles. The van der Waals surface area contributed by atoms with Gasteiger partial charge in [0.1, 0.15) is 5.82 Å². The third kappa shape index (κ3) is 3.67. The molecule has 0 aromatic heterocycles. The lowest BCUT2D eigenvalue weighted by molar-refractivity contribution is -0.130. The third-order valence-electron chi connectivity index (χ3n) is 4.00. The topological polar surface area (TPSA) is 61.8 Å². The summed E-state index contributed by atoms with van der Waals surface area (Å²) in [6, 6.07) is 12.8. The van der Waals surface area contributed by atoms with Crippen LogP contribution >= 0.6 is 12.2 Å². The highest BCUT2D eigenvalue weighted by Crippen LogP contribution is 2.22. The summed E-state index contributed by atoms with van der Waals surface area (Å²) in [5, 5.41) is 2.57. The van der Waals surface area contributed by atoms with E-state index in [1.54, 1.807) is 12.1 Å². The highest BCUT2D eigenvalue weighted by molar-refractivity contribution is 7.80. The molecule has 1 fully saturated rings. The molecule has 1 unspecified atom stereocenters. The normalized spacial score (nSPS) is 17.7. The zero-order valence-corrected chi connectivity index (χ0v) is 14.8. The Bertz CT molecular complexity index is 879. The number of benzene rings is 2. The Kier molecular flexibility index (Phi) is 5.18. The maximum Gasteiger partial charge on any atom is 0.251 e. The summed E-state index contributed by atoms with van der Waals surface area (Å²) in [6.07, 6.45) is 2.13. The second-order valence-corrected chi connectivity index (χ2v) is 6.11. The predicted octanol–water partition coefficient (Wildman–Crippen LogP) is 3.15. The number of aryl methyl sites for hydroxylation is 1. The molecule has 2 amide bonds. The largest absolute Gasteiger partial charge is 0.301 e. The molecule has 2 aromatic carbocycles. The van der Waals surface area contributed by atoms with Gasteiger partial charge < -0.3 is 5.32 Å². The van der Waals surface area contributed by atoms with Crippen LogP contribution in [0.3, 0.4) is 0 Å². The summed E-state index contributed by atoms with van der Waals surface area (Å²) in [5.41, 5.74) is 2.15. The minimum atomic E-state index is -1.11. The summed E-state index contributed by atoms with van der Waals surface area (Å²) in [6.45, 7) is 2.04. The standard InChI is InChI=1S/C19H16FN3O2S/c1-2-12-3-9-15(10-4-12)23-18(25)16(17(24)22-19(23)26)11-21-14-7-5-13(20)6-8-14/h3-11,16H,2H2,1H3,(H,22,24,26). The van der Waals surface area contributed by atoms with E-state index in [9.17, 15) is 14.0 Å². The Labute approximate surface area is 155 Å². The number of nitrogens with zero attached hydrogens (tertiary/aromatic N) is 2. The van der Waals surface area contributed by atoms with Crippen LogP contribution in [-0.2, 0) is 16.0 Å². The van der Waals surface area contributed by atoms with Gasteiger partial charge in [-0.25, -0.2) is 4.39 Å². The van der Waals surface area contributed by atoms with E-state index in [-0.39, 0.29) is 10.9 Å². The van der Waals surface area contributed by atoms with Crippen molar-refractivity contribution in [2.75, 3.05) is 4.90 Å². The lowest BCUT2D eigenvalue weighted by atomic mass is 10.1. The SMILES string of the molecule is CCc1ccc(N2C(=O)C(C=Nc3ccc(F)cc3)C(=O)NC2=S)cc1. The van der Waals surface area contributed by atoms with E-state index in [4.69, 9.17) is 12.2 Å². The van der Waals surface area contributed by atoms with Crippen LogP contribution in [0.5, 0.6) is 0 Å². The van der Waals surface area contributed by atoms with Gasteiger partial charge in [0.05, 0.1) is 11.4 Å². The van der Waals surface area contributed by atoms with Crippen molar-refractivity contribution in [1.82, 2.24) is 5.32 Å². The predicted molar refractivity (Wildman–Crippen MR) is 102 cm³/mol. The molecule has 1 atom stereocenters. The molecule has 1 aliphatic rings. The summed E-state index contributed by atoms with van der Waals surface area (Å²) in [4.78, 5) is 30.4. The Morgan fingerprint density at radius 1 is 1.15 bits per heavy atom. The lowest BCUT2D eigenvalue weighted by Crippen LogP contribution is -2.58. The van der Waals surface area contributed by atoms with E-state index in [1.807, 2.05) is 19.1 Å². The second kappa shape index (κ2) is 7.53. The van der Waals surface area contributed by atoms with Crippen molar-refractivity contribution in [2.45, 2.75) is 13.3 Å². The number of anilines is 1. The Balaban J connectivity index is 1.86. The molecule has 2 aromatic rings. The van der Waals surface area contributed by atoms with Crippen molar-refractivity contribution in [3.8, 4) is 0 Å². The average molecular weight is 369 g/mol. The molecule has 1 N–H and O–H groups in total. The van der Waals surface area contributed by atoms with E-state index in [2.05, 4.69) is 10.3 Å². The van der Waals surface area contributed by atoms with E-state index >= 15 is 0 Å². The number of thiocarbonyl (C=S) groups is 1. The van der Waals surface area contributed by atoms with Crippen molar-refractivity contribution in [2.24, 2.45) is 10.9 Å². The van der Waals surface area contributed by atoms with Crippen molar-refractivity contribution in [1.29, 1.82) is 0 Å². The zero-order valence-electron chi connectivity index (χ0n) is 14.0. The van der Waals surface area contributed by atoms with E-state index in [0.717, 1.165) is 12.0 Å². The third-order valence-corrected chi connectivity index (χ3v) is 4.29. The van der Waals surface area contributed by atoms with Gasteiger partial charge in [-0.05, 0) is 60.6 Å². The Morgan fingerprint density at radius 2 is 1.81 bits per heavy atom. The van der Waals surface area contributed by atoms with Crippen LogP contribution in [0.1, 0.15) is 12.5 Å². The summed E-state index contributed by atoms with van der Waals surface area (Å²) < 4.78 is 13.0. The molecule has 0 saturated carbocycles. The first-order valence-electron chi connectivity index (χ1n) is 8.07. The number of hydrogen-bond acceptors (Lipinski definition) is 4. The molecular weight excluding hydrogens is 353 g/mol. The smallest absolute Gasteiger partial charge is 0.251 e. The van der Waals surface area contributed by atoms with Crippen molar-refractivity contribution < 1.29 is 14.0 Å². The van der Waals surface area contributed by atoms with Crippen LogP contribution in [0.2, 0.25) is 0 Å². The number of nitrogens with one attached hydrogen (secondary N) is 1. The number of amides is 2. The molecule has 1 saturated heterocycles. The van der Waals surface area contributed by atoms with Gasteiger partial charge in [-0.2, -0.15) is 0 Å². The summed E-state index contributed by atoms with van der Waals surface area (Å²) in [5.74, 6) is -2.51. The maximum atomic E-state index is 13.0. The molecular formula is C19H16FN3O2S. The number of halogens is 1. The van der Waals surface area contributed by atoms with Crippen LogP contribution in [0.15, 0.2) is 53.5 Å². The Morgan fingerprint density at radius 3 is 2.42 bits per heavy atom. The van der Waals surface area contributed by atoms with Crippen LogP contribution in [0, 0.1) is 11.7 Å². The van der Waals surface area contributed by atoms with Crippen LogP contribution in [-0.4, -0.2) is 23.1 Å². The Hall–Kier alpha value is -2.93.